The Morgan fingerprint density at radius 2 is 2.33 bits per heavy atom. The molecule has 0 aromatic carbocycles. The molecule has 0 spiro atoms. The van der Waals surface area contributed by atoms with Gasteiger partial charge in [0.2, 0.25) is 0 Å². The summed E-state index contributed by atoms with van der Waals surface area (Å²) in [6.45, 7) is 2.57. The van der Waals surface area contributed by atoms with E-state index in [-0.39, 0.29) is 0 Å². The minimum atomic E-state index is 0.404. The molecule has 0 aromatic rings. The number of hydrogen-bond acceptors (Lipinski definition) is 1. The second-order valence-electron chi connectivity index (χ2n) is 2.16. The Morgan fingerprint density at radius 3 is 2.33 bits per heavy atom. The van der Waals surface area contributed by atoms with Crippen molar-refractivity contribution in [3.8, 4) is 0 Å². The first-order valence-corrected chi connectivity index (χ1v) is 2.45. The van der Waals surface area contributed by atoms with Gasteiger partial charge in [0.25, 0.3) is 0 Å². The number of rotatable bonds is 1. The van der Waals surface area contributed by atoms with Crippen molar-refractivity contribution in [1.82, 2.24) is 0 Å². The van der Waals surface area contributed by atoms with Crippen LogP contribution < -0.4 is 0 Å². The SMILES string of the molecule is C[C@@H]1CC1CO. The molecule has 6 heavy (non-hydrogen) atoms. The van der Waals surface area contributed by atoms with Crippen LogP contribution in [-0.4, -0.2) is 11.7 Å². The molecule has 36 valence electrons. The van der Waals surface area contributed by atoms with Gasteiger partial charge < -0.3 is 5.11 Å². The number of aliphatic hydroxyl groups excluding tert-OH is 1. The Morgan fingerprint density at radius 1 is 1.83 bits per heavy atom. The lowest BCUT2D eigenvalue weighted by atomic mass is 10.4. The van der Waals surface area contributed by atoms with Crippen molar-refractivity contribution < 1.29 is 5.11 Å². The van der Waals surface area contributed by atoms with Crippen LogP contribution in [0.3, 0.4) is 0 Å². The van der Waals surface area contributed by atoms with Crippen molar-refractivity contribution in [3.05, 3.63) is 0 Å². The molecule has 0 heterocycles. The van der Waals surface area contributed by atoms with Crippen molar-refractivity contribution in [2.45, 2.75) is 13.3 Å². The highest BCUT2D eigenvalue weighted by Gasteiger charge is 2.30. The summed E-state index contributed by atoms with van der Waals surface area (Å²) in [4.78, 5) is 0. The zero-order chi connectivity index (χ0) is 4.57. The maximum absolute atomic E-state index is 8.38. The van der Waals surface area contributed by atoms with E-state index >= 15 is 0 Å². The molecule has 0 radical (unpaired) electrons. The zero-order valence-corrected chi connectivity index (χ0v) is 4.02. The van der Waals surface area contributed by atoms with E-state index < -0.39 is 0 Å². The van der Waals surface area contributed by atoms with Gasteiger partial charge in [-0.15, -0.1) is 0 Å². The predicted octanol–water partition coefficient (Wildman–Crippen LogP) is 0.635. The molecule has 1 unspecified atom stereocenters. The van der Waals surface area contributed by atoms with Crippen molar-refractivity contribution in [3.63, 3.8) is 0 Å². The van der Waals surface area contributed by atoms with Crippen LogP contribution in [0.5, 0.6) is 0 Å². The predicted molar refractivity (Wildman–Crippen MR) is 24.4 cm³/mol. The monoisotopic (exact) mass is 86.1 g/mol. The third kappa shape index (κ3) is 0.548. The zero-order valence-electron chi connectivity index (χ0n) is 4.02. The van der Waals surface area contributed by atoms with E-state index in [9.17, 15) is 0 Å². The first-order valence-electron chi connectivity index (χ1n) is 2.45. The van der Waals surface area contributed by atoms with Gasteiger partial charge in [0.05, 0.1) is 0 Å². The smallest absolute Gasteiger partial charge is 0.0461 e. The Hall–Kier alpha value is -0.0400. The number of aliphatic hydroxyl groups is 1. The van der Waals surface area contributed by atoms with Gasteiger partial charge in [0, 0.05) is 6.61 Å². The summed E-state index contributed by atoms with van der Waals surface area (Å²) >= 11 is 0. The fourth-order valence-corrected chi connectivity index (χ4v) is 0.653. The van der Waals surface area contributed by atoms with E-state index in [1.54, 1.807) is 0 Å². The molecule has 1 saturated carbocycles. The van der Waals surface area contributed by atoms with Crippen LogP contribution >= 0.6 is 0 Å². The maximum atomic E-state index is 8.38. The second-order valence-corrected chi connectivity index (χ2v) is 2.16. The molecule has 1 rings (SSSR count). The third-order valence-corrected chi connectivity index (χ3v) is 1.51. The standard InChI is InChI=1S/C5H10O/c1-4-2-5(4)3-6/h4-6H,2-3H2,1H3/t4-,5?/m1/s1. The van der Waals surface area contributed by atoms with Gasteiger partial charge >= 0.3 is 0 Å². The molecular formula is C5H10O. The molecule has 1 heteroatoms. The highest BCUT2D eigenvalue weighted by atomic mass is 16.3. The Kier molecular flexibility index (Phi) is 0.845. The largest absolute Gasteiger partial charge is 0.396 e. The summed E-state index contributed by atoms with van der Waals surface area (Å²) in [5.74, 6) is 1.47. The van der Waals surface area contributed by atoms with Crippen LogP contribution in [0.4, 0.5) is 0 Å². The fraction of sp³-hybridized carbons (Fsp3) is 1.00. The molecule has 1 nitrogen and oxygen atoms in total. The highest BCUT2D eigenvalue weighted by molar-refractivity contribution is 4.80. The lowest BCUT2D eigenvalue weighted by molar-refractivity contribution is 0.270. The van der Waals surface area contributed by atoms with Crippen LogP contribution in [0.25, 0.3) is 0 Å². The average Bonchev–Trinajstić information content (AvgIpc) is 2.19. The quantitative estimate of drug-likeness (QED) is 0.496. The first-order chi connectivity index (χ1) is 2.84. The van der Waals surface area contributed by atoms with E-state index in [1.807, 2.05) is 0 Å². The van der Waals surface area contributed by atoms with E-state index in [4.69, 9.17) is 5.11 Å². The highest BCUT2D eigenvalue weighted by Crippen LogP contribution is 2.36. The Bertz CT molecular complexity index is 49.9. The topological polar surface area (TPSA) is 20.2 Å². The third-order valence-electron chi connectivity index (χ3n) is 1.51. The summed E-state index contributed by atoms with van der Waals surface area (Å²) < 4.78 is 0. The Balaban J connectivity index is 2.09. The molecule has 1 aliphatic rings. The van der Waals surface area contributed by atoms with Crippen LogP contribution in [-0.2, 0) is 0 Å². The molecule has 1 aliphatic carbocycles. The summed E-state index contributed by atoms with van der Waals surface area (Å²) in [5, 5.41) is 8.38. The minimum absolute atomic E-state index is 0.404. The van der Waals surface area contributed by atoms with Crippen molar-refractivity contribution in [1.29, 1.82) is 0 Å². The van der Waals surface area contributed by atoms with E-state index in [0.717, 1.165) is 5.92 Å². The van der Waals surface area contributed by atoms with Crippen LogP contribution in [0.1, 0.15) is 13.3 Å². The normalized spacial score (nSPS) is 43.0. The van der Waals surface area contributed by atoms with Gasteiger partial charge in [0.1, 0.15) is 0 Å². The molecular weight excluding hydrogens is 76.1 g/mol. The van der Waals surface area contributed by atoms with Crippen LogP contribution in [0.15, 0.2) is 0 Å². The molecule has 1 N–H and O–H groups in total. The molecule has 0 aromatic heterocycles. The second kappa shape index (κ2) is 1.23. The van der Waals surface area contributed by atoms with Gasteiger partial charge in [0.15, 0.2) is 0 Å². The van der Waals surface area contributed by atoms with Gasteiger partial charge in [-0.2, -0.15) is 0 Å². The fourth-order valence-electron chi connectivity index (χ4n) is 0.653. The van der Waals surface area contributed by atoms with Crippen molar-refractivity contribution in [2.24, 2.45) is 11.8 Å². The van der Waals surface area contributed by atoms with Crippen LogP contribution in [0.2, 0.25) is 0 Å². The summed E-state index contributed by atoms with van der Waals surface area (Å²) in [7, 11) is 0. The summed E-state index contributed by atoms with van der Waals surface area (Å²) in [6.07, 6.45) is 1.25. The van der Waals surface area contributed by atoms with Crippen LogP contribution in [0, 0.1) is 11.8 Å². The molecule has 0 aliphatic heterocycles. The van der Waals surface area contributed by atoms with E-state index in [1.165, 1.54) is 6.42 Å². The van der Waals surface area contributed by atoms with Crippen molar-refractivity contribution >= 4 is 0 Å². The average molecular weight is 86.1 g/mol. The Labute approximate surface area is 38.0 Å². The van der Waals surface area contributed by atoms with Gasteiger partial charge in [-0.3, -0.25) is 0 Å². The van der Waals surface area contributed by atoms with Gasteiger partial charge in [-0.05, 0) is 18.3 Å². The number of hydrogen-bond donors (Lipinski definition) is 1. The van der Waals surface area contributed by atoms with Crippen molar-refractivity contribution in [2.75, 3.05) is 6.61 Å². The first kappa shape index (κ1) is 4.13. The maximum Gasteiger partial charge on any atom is 0.0461 e. The summed E-state index contributed by atoms with van der Waals surface area (Å²) in [5.41, 5.74) is 0. The lowest BCUT2D eigenvalue weighted by Gasteiger charge is -1.79. The molecule has 1 fully saturated rings. The van der Waals surface area contributed by atoms with E-state index in [0.29, 0.717) is 12.5 Å². The van der Waals surface area contributed by atoms with Gasteiger partial charge in [-0.25, -0.2) is 0 Å². The van der Waals surface area contributed by atoms with E-state index in [2.05, 4.69) is 6.92 Å². The summed E-state index contributed by atoms with van der Waals surface area (Å²) in [6, 6.07) is 0. The molecule has 0 amide bonds. The van der Waals surface area contributed by atoms with Gasteiger partial charge in [-0.1, -0.05) is 6.92 Å². The minimum Gasteiger partial charge on any atom is -0.396 e. The lowest BCUT2D eigenvalue weighted by Crippen LogP contribution is -1.83. The molecule has 0 bridgehead atoms. The molecule has 2 atom stereocenters. The molecule has 0 saturated heterocycles.